The van der Waals surface area contributed by atoms with Crippen molar-refractivity contribution in [3.8, 4) is 17.3 Å². The zero-order valence-corrected chi connectivity index (χ0v) is 13.7. The van der Waals surface area contributed by atoms with Crippen molar-refractivity contribution in [1.82, 2.24) is 24.9 Å². The molecule has 3 aromatic rings. The lowest BCUT2D eigenvalue weighted by Crippen LogP contribution is -2.37. The van der Waals surface area contributed by atoms with E-state index in [0.29, 0.717) is 36.0 Å². The normalized spacial score (nSPS) is 14.7. The number of nitrogens with zero attached hydrogens (tertiary/aromatic N) is 6. The Kier molecular flexibility index (Phi) is 3.98. The highest BCUT2D eigenvalue weighted by atomic mass is 16.5. The highest BCUT2D eigenvalue weighted by Gasteiger charge is 2.19. The van der Waals surface area contributed by atoms with Gasteiger partial charge in [-0.1, -0.05) is 0 Å². The number of aromatic nitrogens is 5. The van der Waals surface area contributed by atoms with Crippen LogP contribution in [-0.2, 0) is 4.74 Å². The van der Waals surface area contributed by atoms with Gasteiger partial charge in [-0.05, 0) is 6.07 Å². The Labute approximate surface area is 143 Å². The fraction of sp³-hybridized carbons (Fsp3) is 0.312. The van der Waals surface area contributed by atoms with E-state index in [-0.39, 0.29) is 5.95 Å². The first-order valence-corrected chi connectivity index (χ1v) is 7.88. The van der Waals surface area contributed by atoms with Crippen LogP contribution in [0.15, 0.2) is 24.5 Å². The average Bonchev–Trinajstić information content (AvgIpc) is 2.68. The molecule has 0 radical (unpaired) electrons. The molecule has 4 rings (SSSR count). The Morgan fingerprint density at radius 1 is 1.08 bits per heavy atom. The summed E-state index contributed by atoms with van der Waals surface area (Å²) < 4.78 is 10.7. The minimum Gasteiger partial charge on any atom is -0.481 e. The fourth-order valence-corrected chi connectivity index (χ4v) is 2.67. The van der Waals surface area contributed by atoms with Gasteiger partial charge < -0.3 is 20.1 Å². The Hall–Kier alpha value is -3.07. The molecule has 128 valence electrons. The zero-order valence-electron chi connectivity index (χ0n) is 13.7. The lowest BCUT2D eigenvalue weighted by Gasteiger charge is -2.28. The summed E-state index contributed by atoms with van der Waals surface area (Å²) in [5, 5.41) is 0. The Morgan fingerprint density at radius 2 is 1.84 bits per heavy atom. The molecule has 0 saturated carbocycles. The molecule has 0 bridgehead atoms. The van der Waals surface area contributed by atoms with Gasteiger partial charge in [0.15, 0.2) is 11.6 Å². The van der Waals surface area contributed by atoms with Crippen molar-refractivity contribution in [3.05, 3.63) is 24.5 Å². The van der Waals surface area contributed by atoms with Gasteiger partial charge in [0.25, 0.3) is 0 Å². The molecule has 1 aliphatic rings. The molecule has 0 spiro atoms. The topological polar surface area (TPSA) is 112 Å². The highest BCUT2D eigenvalue weighted by Crippen LogP contribution is 2.28. The number of nitrogen functional groups attached to an aromatic ring is 1. The van der Waals surface area contributed by atoms with Crippen LogP contribution in [0, 0.1) is 0 Å². The summed E-state index contributed by atoms with van der Waals surface area (Å²) in [6, 6.07) is 3.65. The van der Waals surface area contributed by atoms with Crippen molar-refractivity contribution in [2.45, 2.75) is 0 Å². The van der Waals surface area contributed by atoms with E-state index in [1.54, 1.807) is 25.6 Å². The van der Waals surface area contributed by atoms with Gasteiger partial charge >= 0.3 is 0 Å². The molecule has 1 saturated heterocycles. The van der Waals surface area contributed by atoms with E-state index < -0.39 is 0 Å². The third kappa shape index (κ3) is 3.01. The third-order valence-corrected chi connectivity index (χ3v) is 3.95. The van der Waals surface area contributed by atoms with Gasteiger partial charge in [-0.15, -0.1) is 0 Å². The minimum absolute atomic E-state index is 0.212. The molecular formula is C16H17N7O2. The first kappa shape index (κ1) is 15.5. The quantitative estimate of drug-likeness (QED) is 0.744. The van der Waals surface area contributed by atoms with Gasteiger partial charge in [0.1, 0.15) is 5.52 Å². The molecule has 1 fully saturated rings. The number of ether oxygens (including phenoxy) is 2. The fourth-order valence-electron chi connectivity index (χ4n) is 2.67. The van der Waals surface area contributed by atoms with Crippen LogP contribution in [0.25, 0.3) is 22.4 Å². The summed E-state index contributed by atoms with van der Waals surface area (Å²) in [6.07, 6.45) is 3.23. The Morgan fingerprint density at radius 3 is 2.56 bits per heavy atom. The Balaban J connectivity index is 1.89. The standard InChI is InChI=1S/C16H17N7O2/c1-24-12-3-2-11-13(21-12)15(23-4-6-25-7-5-23)22-14(20-11)10-8-18-16(17)19-9-10/h2-3,8-9H,4-7H2,1H3,(H2,17,18,19). The third-order valence-electron chi connectivity index (χ3n) is 3.95. The summed E-state index contributed by atoms with van der Waals surface area (Å²) in [6.45, 7) is 2.77. The van der Waals surface area contributed by atoms with Crippen LogP contribution in [0.1, 0.15) is 0 Å². The number of methoxy groups -OCH3 is 1. The maximum atomic E-state index is 5.57. The molecule has 4 heterocycles. The first-order chi connectivity index (χ1) is 12.2. The Bertz CT molecular complexity index is 895. The van der Waals surface area contributed by atoms with Crippen molar-refractivity contribution < 1.29 is 9.47 Å². The highest BCUT2D eigenvalue weighted by molar-refractivity contribution is 5.88. The lowest BCUT2D eigenvalue weighted by molar-refractivity contribution is 0.122. The summed E-state index contributed by atoms with van der Waals surface area (Å²) >= 11 is 0. The molecular weight excluding hydrogens is 322 g/mol. The molecule has 0 amide bonds. The van der Waals surface area contributed by atoms with Crippen molar-refractivity contribution in [2.75, 3.05) is 44.0 Å². The predicted molar refractivity (Wildman–Crippen MR) is 92.4 cm³/mol. The van der Waals surface area contributed by atoms with Gasteiger partial charge in [-0.3, -0.25) is 0 Å². The van der Waals surface area contributed by atoms with Gasteiger partial charge in [0.2, 0.25) is 11.8 Å². The van der Waals surface area contributed by atoms with Crippen molar-refractivity contribution in [3.63, 3.8) is 0 Å². The summed E-state index contributed by atoms with van der Waals surface area (Å²) in [5.41, 5.74) is 7.68. The van der Waals surface area contributed by atoms with E-state index >= 15 is 0 Å². The molecule has 9 nitrogen and oxygen atoms in total. The van der Waals surface area contributed by atoms with Crippen molar-refractivity contribution in [2.24, 2.45) is 0 Å². The molecule has 1 aliphatic heterocycles. The molecule has 0 aliphatic carbocycles. The van der Waals surface area contributed by atoms with Crippen LogP contribution in [-0.4, -0.2) is 58.3 Å². The van der Waals surface area contributed by atoms with Gasteiger partial charge in [-0.2, -0.15) is 0 Å². The summed E-state index contributed by atoms with van der Waals surface area (Å²) in [4.78, 5) is 24.0. The number of morpholine rings is 1. The van der Waals surface area contributed by atoms with E-state index in [1.807, 2.05) is 6.07 Å². The molecule has 0 aromatic carbocycles. The van der Waals surface area contributed by atoms with Gasteiger partial charge in [0, 0.05) is 31.5 Å². The molecule has 0 atom stereocenters. The number of anilines is 2. The average molecular weight is 339 g/mol. The van der Waals surface area contributed by atoms with Crippen LogP contribution < -0.4 is 15.4 Å². The predicted octanol–water partition coefficient (Wildman–Crippen LogP) is 0.909. The lowest BCUT2D eigenvalue weighted by atomic mass is 10.2. The van der Waals surface area contributed by atoms with Crippen molar-refractivity contribution in [1.29, 1.82) is 0 Å². The molecule has 25 heavy (non-hydrogen) atoms. The number of hydrogen-bond acceptors (Lipinski definition) is 9. The monoisotopic (exact) mass is 339 g/mol. The van der Waals surface area contributed by atoms with Gasteiger partial charge in [-0.25, -0.2) is 24.9 Å². The van der Waals surface area contributed by atoms with E-state index in [2.05, 4.69) is 24.8 Å². The minimum atomic E-state index is 0.212. The molecule has 2 N–H and O–H groups in total. The number of rotatable bonds is 3. The maximum absolute atomic E-state index is 5.57. The van der Waals surface area contributed by atoms with E-state index in [4.69, 9.17) is 20.2 Å². The second kappa shape index (κ2) is 6.44. The molecule has 0 unspecified atom stereocenters. The van der Waals surface area contributed by atoms with Crippen LogP contribution in [0.3, 0.4) is 0 Å². The molecule has 9 heteroatoms. The summed E-state index contributed by atoms with van der Waals surface area (Å²) in [7, 11) is 1.59. The zero-order chi connectivity index (χ0) is 17.2. The largest absolute Gasteiger partial charge is 0.481 e. The number of hydrogen-bond donors (Lipinski definition) is 1. The van der Waals surface area contributed by atoms with Crippen LogP contribution in [0.5, 0.6) is 5.88 Å². The van der Waals surface area contributed by atoms with E-state index in [0.717, 1.165) is 24.4 Å². The van der Waals surface area contributed by atoms with Crippen LogP contribution in [0.2, 0.25) is 0 Å². The number of fused-ring (bicyclic) bond motifs is 1. The number of pyridine rings is 1. The van der Waals surface area contributed by atoms with E-state index in [1.165, 1.54) is 0 Å². The molecule has 3 aromatic heterocycles. The van der Waals surface area contributed by atoms with Gasteiger partial charge in [0.05, 0.1) is 31.4 Å². The first-order valence-electron chi connectivity index (χ1n) is 7.88. The SMILES string of the molecule is COc1ccc2nc(-c3cnc(N)nc3)nc(N3CCOCC3)c2n1. The smallest absolute Gasteiger partial charge is 0.219 e. The van der Waals surface area contributed by atoms with Crippen LogP contribution in [0.4, 0.5) is 11.8 Å². The maximum Gasteiger partial charge on any atom is 0.219 e. The second-order valence-electron chi connectivity index (χ2n) is 5.52. The van der Waals surface area contributed by atoms with Crippen molar-refractivity contribution >= 4 is 22.8 Å². The van der Waals surface area contributed by atoms with E-state index in [9.17, 15) is 0 Å². The number of nitrogens with two attached hydrogens (primary N) is 1. The second-order valence-corrected chi connectivity index (χ2v) is 5.52. The summed E-state index contributed by atoms with van der Waals surface area (Å²) in [5.74, 6) is 2.01. The van der Waals surface area contributed by atoms with Crippen LogP contribution >= 0.6 is 0 Å².